The van der Waals surface area contributed by atoms with Gasteiger partial charge in [-0.2, -0.15) is 5.10 Å². The average Bonchev–Trinajstić information content (AvgIpc) is 3.25. The Kier molecular flexibility index (Phi) is 4.28. The highest BCUT2D eigenvalue weighted by Gasteiger charge is 2.47. The van der Waals surface area contributed by atoms with Gasteiger partial charge < -0.3 is 5.32 Å². The summed E-state index contributed by atoms with van der Waals surface area (Å²) in [5.41, 5.74) is 13.4. The molecule has 0 radical (unpaired) electrons. The van der Waals surface area contributed by atoms with Crippen molar-refractivity contribution < 1.29 is 4.79 Å². The zero-order chi connectivity index (χ0) is 18.4. The van der Waals surface area contributed by atoms with Gasteiger partial charge in [0.05, 0.1) is 23.7 Å². The van der Waals surface area contributed by atoms with E-state index in [9.17, 15) is 4.79 Å². The van der Waals surface area contributed by atoms with Crippen molar-refractivity contribution >= 4 is 5.91 Å². The quantitative estimate of drug-likeness (QED) is 0.639. The smallest absolute Gasteiger partial charge is 0.252 e. The molecule has 1 aromatic carbocycles. The Balaban J connectivity index is 1.46. The molecule has 4 N–H and O–H groups in total. The van der Waals surface area contributed by atoms with Crippen LogP contribution in [-0.4, -0.2) is 46.1 Å². The molecule has 138 valence electrons. The molecular weight excluding hydrogens is 330 g/mol. The molecule has 0 bridgehead atoms. The van der Waals surface area contributed by atoms with Gasteiger partial charge in [0.2, 0.25) is 0 Å². The molecule has 1 amide bonds. The number of rotatable bonds is 3. The number of nitrogens with one attached hydrogen (secondary N) is 4. The molecular formula is C18H25N7O. The number of aromatic nitrogens is 2. The molecule has 4 atom stereocenters. The van der Waals surface area contributed by atoms with E-state index in [2.05, 4.69) is 33.6 Å². The first-order valence-corrected chi connectivity index (χ1v) is 8.88. The Bertz CT molecular complexity index is 815. The van der Waals surface area contributed by atoms with Crippen molar-refractivity contribution in [1.29, 1.82) is 0 Å². The summed E-state index contributed by atoms with van der Waals surface area (Å²) in [5.74, 6) is 0.157. The fourth-order valence-corrected chi connectivity index (χ4v) is 3.96. The van der Waals surface area contributed by atoms with Gasteiger partial charge in [-0.3, -0.25) is 10.2 Å². The molecule has 26 heavy (non-hydrogen) atoms. The van der Waals surface area contributed by atoms with E-state index in [1.54, 1.807) is 0 Å². The summed E-state index contributed by atoms with van der Waals surface area (Å²) >= 11 is 0. The summed E-state index contributed by atoms with van der Waals surface area (Å²) in [7, 11) is 2.00. The Labute approximate surface area is 152 Å². The van der Waals surface area contributed by atoms with Crippen LogP contribution in [0.3, 0.4) is 0 Å². The van der Waals surface area contributed by atoms with Crippen molar-refractivity contribution in [2.45, 2.75) is 39.1 Å². The summed E-state index contributed by atoms with van der Waals surface area (Å²) in [6.07, 6.45) is 0.0272. The number of aryl methyl sites for hydroxylation is 2. The summed E-state index contributed by atoms with van der Waals surface area (Å²) < 4.78 is 1.88. The molecule has 2 aliphatic rings. The number of carbonyl (C=O) groups excluding carboxylic acids is 1. The molecule has 8 heteroatoms. The standard InChI is InChI=1S/C18H25N7O/c1-10-9-11(2)25(22-10)14-7-5-13(6-8-14)18(26)19-16-15-12(3)23-24(4)17(15)21-20-16/h5-9,12,15-17,20-21,23H,1-4H3,(H,19,26). The van der Waals surface area contributed by atoms with E-state index in [-0.39, 0.29) is 30.2 Å². The molecule has 0 aliphatic carbocycles. The fourth-order valence-electron chi connectivity index (χ4n) is 3.96. The first-order chi connectivity index (χ1) is 12.4. The van der Waals surface area contributed by atoms with Gasteiger partial charge in [0.25, 0.3) is 5.91 Å². The molecule has 2 fully saturated rings. The van der Waals surface area contributed by atoms with Crippen molar-refractivity contribution in [3.63, 3.8) is 0 Å². The van der Waals surface area contributed by atoms with E-state index in [4.69, 9.17) is 0 Å². The van der Waals surface area contributed by atoms with Crippen LogP contribution in [0.25, 0.3) is 5.69 Å². The van der Waals surface area contributed by atoms with Gasteiger partial charge >= 0.3 is 0 Å². The van der Waals surface area contributed by atoms with E-state index < -0.39 is 0 Å². The van der Waals surface area contributed by atoms with Gasteiger partial charge in [0.15, 0.2) is 0 Å². The van der Waals surface area contributed by atoms with Crippen molar-refractivity contribution in [1.82, 2.24) is 36.4 Å². The van der Waals surface area contributed by atoms with Gasteiger partial charge in [-0.15, -0.1) is 0 Å². The van der Waals surface area contributed by atoms with Crippen LogP contribution in [-0.2, 0) is 0 Å². The molecule has 2 aromatic rings. The largest absolute Gasteiger partial charge is 0.335 e. The summed E-state index contributed by atoms with van der Waals surface area (Å²) in [6, 6.07) is 9.82. The summed E-state index contributed by atoms with van der Waals surface area (Å²) in [6.45, 7) is 6.11. The van der Waals surface area contributed by atoms with Crippen LogP contribution in [0.15, 0.2) is 30.3 Å². The number of hydrogen-bond donors (Lipinski definition) is 4. The average molecular weight is 355 g/mol. The third kappa shape index (κ3) is 2.90. The zero-order valence-corrected chi connectivity index (χ0v) is 15.4. The van der Waals surface area contributed by atoms with Crippen LogP contribution >= 0.6 is 0 Å². The lowest BCUT2D eigenvalue weighted by atomic mass is 9.98. The minimum absolute atomic E-state index is 0.0911. The number of nitrogens with zero attached hydrogens (tertiary/aromatic N) is 3. The first kappa shape index (κ1) is 17.2. The fraction of sp³-hybridized carbons (Fsp3) is 0.444. The minimum Gasteiger partial charge on any atom is -0.335 e. The van der Waals surface area contributed by atoms with Gasteiger partial charge in [-0.25, -0.2) is 20.5 Å². The Morgan fingerprint density at radius 1 is 1.19 bits per heavy atom. The number of benzene rings is 1. The van der Waals surface area contributed by atoms with E-state index in [1.165, 1.54) is 0 Å². The van der Waals surface area contributed by atoms with Gasteiger partial charge in [-0.1, -0.05) is 0 Å². The van der Waals surface area contributed by atoms with Crippen molar-refractivity contribution in [2.24, 2.45) is 5.92 Å². The van der Waals surface area contributed by atoms with E-state index in [0.717, 1.165) is 17.1 Å². The molecule has 1 aromatic heterocycles. The second-order valence-corrected chi connectivity index (χ2v) is 7.18. The molecule has 8 nitrogen and oxygen atoms in total. The molecule has 4 rings (SSSR count). The second kappa shape index (κ2) is 6.48. The second-order valence-electron chi connectivity index (χ2n) is 7.18. The van der Waals surface area contributed by atoms with Crippen LogP contribution in [0.2, 0.25) is 0 Å². The predicted molar refractivity (Wildman–Crippen MR) is 98.2 cm³/mol. The summed E-state index contributed by atoms with van der Waals surface area (Å²) in [5, 5.41) is 9.61. The molecule has 3 heterocycles. The van der Waals surface area contributed by atoms with E-state index >= 15 is 0 Å². The molecule has 0 saturated carbocycles. The molecule has 2 saturated heterocycles. The summed E-state index contributed by atoms with van der Waals surface area (Å²) in [4.78, 5) is 12.7. The zero-order valence-electron chi connectivity index (χ0n) is 15.4. The highest BCUT2D eigenvalue weighted by Crippen LogP contribution is 2.25. The van der Waals surface area contributed by atoms with Crippen LogP contribution in [0, 0.1) is 19.8 Å². The highest BCUT2D eigenvalue weighted by atomic mass is 16.2. The number of fused-ring (bicyclic) bond motifs is 1. The number of amides is 1. The third-order valence-corrected chi connectivity index (χ3v) is 5.21. The minimum atomic E-state index is -0.129. The highest BCUT2D eigenvalue weighted by molar-refractivity contribution is 5.94. The number of hydrogen-bond acceptors (Lipinski definition) is 6. The van der Waals surface area contributed by atoms with E-state index in [0.29, 0.717) is 5.56 Å². The molecule has 4 unspecified atom stereocenters. The maximum absolute atomic E-state index is 12.7. The van der Waals surface area contributed by atoms with Crippen LogP contribution in [0.1, 0.15) is 28.7 Å². The van der Waals surface area contributed by atoms with Crippen molar-refractivity contribution in [3.8, 4) is 5.69 Å². The lowest BCUT2D eigenvalue weighted by Crippen LogP contribution is -2.51. The van der Waals surface area contributed by atoms with Crippen LogP contribution in [0.4, 0.5) is 0 Å². The molecule has 2 aliphatic heterocycles. The van der Waals surface area contributed by atoms with E-state index in [1.807, 2.05) is 60.9 Å². The maximum atomic E-state index is 12.7. The normalized spacial score (nSPS) is 28.3. The lowest BCUT2D eigenvalue weighted by Gasteiger charge is -2.21. The van der Waals surface area contributed by atoms with Gasteiger partial charge in [0, 0.05) is 30.3 Å². The van der Waals surface area contributed by atoms with Crippen LogP contribution < -0.4 is 21.6 Å². The van der Waals surface area contributed by atoms with Crippen LogP contribution in [0.5, 0.6) is 0 Å². The predicted octanol–water partition coefficient (Wildman–Crippen LogP) is 0.434. The number of hydrazine groups is 2. The maximum Gasteiger partial charge on any atom is 0.252 e. The van der Waals surface area contributed by atoms with Gasteiger partial charge in [-0.05, 0) is 51.1 Å². The first-order valence-electron chi connectivity index (χ1n) is 8.88. The SMILES string of the molecule is Cc1cc(C)n(-c2ccc(C(=O)NC3NNC4C3C(C)NN4C)cc2)n1. The van der Waals surface area contributed by atoms with Gasteiger partial charge in [0.1, 0.15) is 0 Å². The number of carbonyl (C=O) groups is 1. The Hall–Kier alpha value is -2.26. The lowest BCUT2D eigenvalue weighted by molar-refractivity contribution is 0.0919. The Morgan fingerprint density at radius 3 is 2.58 bits per heavy atom. The topological polar surface area (TPSA) is 86.2 Å². The molecule has 0 spiro atoms. The van der Waals surface area contributed by atoms with Crippen molar-refractivity contribution in [3.05, 3.63) is 47.3 Å². The third-order valence-electron chi connectivity index (χ3n) is 5.21. The monoisotopic (exact) mass is 355 g/mol. The van der Waals surface area contributed by atoms with Crippen molar-refractivity contribution in [2.75, 3.05) is 7.05 Å². The Morgan fingerprint density at radius 2 is 1.92 bits per heavy atom.